The summed E-state index contributed by atoms with van der Waals surface area (Å²) in [5.41, 5.74) is 0. The predicted molar refractivity (Wildman–Crippen MR) is 60.9 cm³/mol. The van der Waals surface area contributed by atoms with Gasteiger partial charge in [0.15, 0.2) is 0 Å². The van der Waals surface area contributed by atoms with Gasteiger partial charge in [0.1, 0.15) is 5.76 Å². The van der Waals surface area contributed by atoms with E-state index in [1.54, 1.807) is 0 Å². The van der Waals surface area contributed by atoms with E-state index in [2.05, 4.69) is 6.58 Å². The van der Waals surface area contributed by atoms with E-state index in [9.17, 15) is 4.57 Å². The summed E-state index contributed by atoms with van der Waals surface area (Å²) in [6.07, 6.45) is 6.56. The Balaban J connectivity index is 1.87. The molecule has 0 bridgehead atoms. The Kier molecular flexibility index (Phi) is 4.06. The van der Waals surface area contributed by atoms with Crippen molar-refractivity contribution < 1.29 is 18.1 Å². The monoisotopic (exact) mass is 246 g/mol. The van der Waals surface area contributed by atoms with Crippen molar-refractivity contribution in [2.45, 2.75) is 38.5 Å². The topological polar surface area (TPSA) is 44.8 Å². The molecule has 0 aromatic rings. The Morgan fingerprint density at radius 1 is 1.12 bits per heavy atom. The van der Waals surface area contributed by atoms with E-state index in [1.807, 2.05) is 0 Å². The quantitative estimate of drug-likeness (QED) is 0.563. The summed E-state index contributed by atoms with van der Waals surface area (Å²) < 4.78 is 27.4. The van der Waals surface area contributed by atoms with Gasteiger partial charge in [0.05, 0.1) is 13.2 Å². The van der Waals surface area contributed by atoms with Gasteiger partial charge in [-0.1, -0.05) is 25.8 Å². The summed E-state index contributed by atoms with van der Waals surface area (Å²) in [5, 5.41) is 0. The Morgan fingerprint density at radius 3 is 2.38 bits per heavy atom. The number of phosphoric ester groups is 1. The molecular formula is C11H19O4P. The van der Waals surface area contributed by atoms with Crippen LogP contribution >= 0.6 is 7.82 Å². The molecule has 1 saturated carbocycles. The molecule has 2 fully saturated rings. The molecule has 0 N–H and O–H groups in total. The highest BCUT2D eigenvalue weighted by Gasteiger charge is 2.33. The zero-order chi connectivity index (χ0) is 11.4. The summed E-state index contributed by atoms with van der Waals surface area (Å²) in [6.45, 7) is 4.74. The number of hydrogen-bond acceptors (Lipinski definition) is 4. The van der Waals surface area contributed by atoms with E-state index in [1.165, 1.54) is 19.3 Å². The number of allylic oxidation sites excluding steroid dienone is 1. The smallest absolute Gasteiger partial charge is 0.409 e. The van der Waals surface area contributed by atoms with Crippen molar-refractivity contribution in [3.63, 3.8) is 0 Å². The molecule has 0 atom stereocenters. The van der Waals surface area contributed by atoms with E-state index in [-0.39, 0.29) is 0 Å². The molecule has 1 saturated heterocycles. The lowest BCUT2D eigenvalue weighted by atomic mass is 9.88. The molecule has 0 unspecified atom stereocenters. The van der Waals surface area contributed by atoms with Gasteiger partial charge in [-0.15, -0.1) is 0 Å². The minimum atomic E-state index is -3.34. The average Bonchev–Trinajstić information content (AvgIpc) is 2.30. The normalized spacial score (nSPS) is 26.2. The van der Waals surface area contributed by atoms with Crippen LogP contribution in [0.5, 0.6) is 0 Å². The Morgan fingerprint density at radius 2 is 1.75 bits per heavy atom. The lowest BCUT2D eigenvalue weighted by molar-refractivity contribution is 0.0839. The molecule has 1 aliphatic carbocycles. The SMILES string of the molecule is C=C(OP1(=O)OCCCO1)C1CCCCC1. The standard InChI is InChI=1S/C11H19O4P/c1-10(11-6-3-2-4-7-11)15-16(12)13-8-5-9-14-16/h11H,1-9H2. The molecule has 5 heteroatoms. The third kappa shape index (κ3) is 3.09. The molecule has 0 spiro atoms. The first-order chi connectivity index (χ1) is 7.70. The van der Waals surface area contributed by atoms with Crippen LogP contribution in [0.1, 0.15) is 38.5 Å². The maximum atomic E-state index is 12.0. The second kappa shape index (κ2) is 5.35. The van der Waals surface area contributed by atoms with E-state index < -0.39 is 7.82 Å². The van der Waals surface area contributed by atoms with Gasteiger partial charge < -0.3 is 4.52 Å². The number of phosphoric acid groups is 1. The van der Waals surface area contributed by atoms with E-state index >= 15 is 0 Å². The van der Waals surface area contributed by atoms with Gasteiger partial charge >= 0.3 is 7.82 Å². The van der Waals surface area contributed by atoms with Crippen LogP contribution in [0, 0.1) is 5.92 Å². The maximum absolute atomic E-state index is 12.0. The van der Waals surface area contributed by atoms with Crippen LogP contribution in [-0.4, -0.2) is 13.2 Å². The lowest BCUT2D eigenvalue weighted by Gasteiger charge is -2.28. The predicted octanol–water partition coefficient (Wildman–Crippen LogP) is 3.64. The minimum Gasteiger partial charge on any atom is -0.409 e. The fourth-order valence-corrected chi connectivity index (χ4v) is 3.47. The van der Waals surface area contributed by atoms with Crippen molar-refractivity contribution in [3.05, 3.63) is 12.3 Å². The summed E-state index contributed by atoms with van der Waals surface area (Å²) in [6, 6.07) is 0. The van der Waals surface area contributed by atoms with Crippen molar-refractivity contribution in [1.82, 2.24) is 0 Å². The molecule has 0 aromatic carbocycles. The molecule has 16 heavy (non-hydrogen) atoms. The van der Waals surface area contributed by atoms with Gasteiger partial charge in [-0.05, 0) is 19.3 Å². The van der Waals surface area contributed by atoms with Gasteiger partial charge in [-0.2, -0.15) is 0 Å². The van der Waals surface area contributed by atoms with Gasteiger partial charge in [-0.3, -0.25) is 9.05 Å². The highest BCUT2D eigenvalue weighted by molar-refractivity contribution is 7.48. The molecule has 92 valence electrons. The third-order valence-corrected chi connectivity index (χ3v) is 4.53. The molecule has 0 aromatic heterocycles. The second-order valence-corrected chi connectivity index (χ2v) is 5.95. The van der Waals surface area contributed by atoms with Crippen LogP contribution in [0.15, 0.2) is 12.3 Å². The molecule has 0 radical (unpaired) electrons. The average molecular weight is 246 g/mol. The van der Waals surface area contributed by atoms with E-state index in [4.69, 9.17) is 13.6 Å². The second-order valence-electron chi connectivity index (χ2n) is 4.36. The van der Waals surface area contributed by atoms with E-state index in [0.29, 0.717) is 24.9 Å². The number of hydrogen-bond donors (Lipinski definition) is 0. The van der Waals surface area contributed by atoms with Gasteiger partial charge in [0, 0.05) is 5.92 Å². The molecule has 1 aliphatic heterocycles. The third-order valence-electron chi connectivity index (χ3n) is 3.08. The number of rotatable bonds is 3. The van der Waals surface area contributed by atoms with Crippen molar-refractivity contribution in [3.8, 4) is 0 Å². The molecule has 2 rings (SSSR count). The Hall–Kier alpha value is -0.310. The zero-order valence-electron chi connectivity index (χ0n) is 9.52. The van der Waals surface area contributed by atoms with Crippen LogP contribution in [0.25, 0.3) is 0 Å². The van der Waals surface area contributed by atoms with E-state index in [0.717, 1.165) is 19.3 Å². The van der Waals surface area contributed by atoms with Gasteiger partial charge in [0.25, 0.3) is 0 Å². The Labute approximate surface area is 96.6 Å². The van der Waals surface area contributed by atoms with Crippen LogP contribution < -0.4 is 0 Å². The van der Waals surface area contributed by atoms with Crippen molar-refractivity contribution in [2.24, 2.45) is 5.92 Å². The molecule has 1 heterocycles. The fourth-order valence-electron chi connectivity index (χ4n) is 2.14. The molecule has 4 nitrogen and oxygen atoms in total. The first kappa shape index (κ1) is 12.2. The van der Waals surface area contributed by atoms with Crippen LogP contribution in [0.3, 0.4) is 0 Å². The Bertz CT molecular complexity index is 286. The first-order valence-corrected chi connectivity index (χ1v) is 7.43. The van der Waals surface area contributed by atoms with Crippen LogP contribution in [-0.2, 0) is 18.1 Å². The van der Waals surface area contributed by atoms with Gasteiger partial charge in [-0.25, -0.2) is 4.57 Å². The van der Waals surface area contributed by atoms with Crippen molar-refractivity contribution >= 4 is 7.82 Å². The highest BCUT2D eigenvalue weighted by Crippen LogP contribution is 2.54. The molecule has 0 amide bonds. The van der Waals surface area contributed by atoms with Gasteiger partial charge in [0.2, 0.25) is 0 Å². The van der Waals surface area contributed by atoms with Crippen LogP contribution in [0.4, 0.5) is 0 Å². The first-order valence-electron chi connectivity index (χ1n) is 5.97. The summed E-state index contributed by atoms with van der Waals surface area (Å²) in [5.74, 6) is 0.888. The lowest BCUT2D eigenvalue weighted by Crippen LogP contribution is -2.14. The minimum absolute atomic E-state index is 0.314. The largest absolute Gasteiger partial charge is 0.529 e. The molecular weight excluding hydrogens is 227 g/mol. The molecule has 2 aliphatic rings. The highest BCUT2D eigenvalue weighted by atomic mass is 31.2. The van der Waals surface area contributed by atoms with Crippen molar-refractivity contribution in [1.29, 1.82) is 0 Å². The summed E-state index contributed by atoms with van der Waals surface area (Å²) >= 11 is 0. The maximum Gasteiger partial charge on any atom is 0.529 e. The van der Waals surface area contributed by atoms with Crippen LogP contribution in [0.2, 0.25) is 0 Å². The summed E-state index contributed by atoms with van der Waals surface area (Å²) in [7, 11) is -3.34. The summed E-state index contributed by atoms with van der Waals surface area (Å²) in [4.78, 5) is 0. The zero-order valence-corrected chi connectivity index (χ0v) is 10.4. The van der Waals surface area contributed by atoms with Crippen molar-refractivity contribution in [2.75, 3.05) is 13.2 Å². The fraction of sp³-hybridized carbons (Fsp3) is 0.818.